The lowest BCUT2D eigenvalue weighted by atomic mass is 10.1. The molecule has 0 spiro atoms. The highest BCUT2D eigenvalue weighted by atomic mass is 19.1. The Labute approximate surface area is 151 Å². The monoisotopic (exact) mass is 352 g/mol. The summed E-state index contributed by atoms with van der Waals surface area (Å²) in [4.78, 5) is 13.0. The molecule has 0 amide bonds. The van der Waals surface area contributed by atoms with Crippen molar-refractivity contribution in [1.29, 1.82) is 0 Å². The zero-order valence-corrected chi connectivity index (χ0v) is 14.5. The van der Waals surface area contributed by atoms with Crippen LogP contribution in [-0.4, -0.2) is 22.3 Å². The van der Waals surface area contributed by atoms with Gasteiger partial charge in [0.25, 0.3) is 0 Å². The van der Waals surface area contributed by atoms with Gasteiger partial charge in [0, 0.05) is 12.1 Å². The van der Waals surface area contributed by atoms with Crippen LogP contribution in [0.15, 0.2) is 47.0 Å². The quantitative estimate of drug-likeness (QED) is 0.766. The van der Waals surface area contributed by atoms with Crippen molar-refractivity contribution in [2.24, 2.45) is 10.9 Å². The Balaban J connectivity index is 1.46. The fourth-order valence-corrected chi connectivity index (χ4v) is 3.01. The van der Waals surface area contributed by atoms with E-state index in [0.717, 1.165) is 17.9 Å². The number of benzene rings is 1. The Kier molecular flexibility index (Phi) is 4.28. The number of hydrogen-bond donors (Lipinski definition) is 3. The number of nitrogen functional groups attached to an aromatic ring is 1. The molecule has 1 aliphatic heterocycles. The Bertz CT molecular complexity index is 870. The number of nitrogens with one attached hydrogen (secondary N) is 2. The third kappa shape index (κ3) is 3.82. The van der Waals surface area contributed by atoms with E-state index in [1.165, 1.54) is 30.5 Å². The molecule has 26 heavy (non-hydrogen) atoms. The van der Waals surface area contributed by atoms with Crippen LogP contribution in [0.3, 0.4) is 0 Å². The maximum atomic E-state index is 13.1. The van der Waals surface area contributed by atoms with Crippen LogP contribution in [0.2, 0.25) is 0 Å². The van der Waals surface area contributed by atoms with Crippen LogP contribution < -0.4 is 16.4 Å². The molecule has 1 aromatic heterocycles. The van der Waals surface area contributed by atoms with Gasteiger partial charge in [0.15, 0.2) is 0 Å². The van der Waals surface area contributed by atoms with Gasteiger partial charge in [-0.05, 0) is 55.0 Å². The summed E-state index contributed by atoms with van der Waals surface area (Å²) in [5.74, 6) is 2.63. The second-order valence-electron chi connectivity index (χ2n) is 6.73. The van der Waals surface area contributed by atoms with Crippen molar-refractivity contribution in [2.45, 2.75) is 25.8 Å². The van der Waals surface area contributed by atoms with Gasteiger partial charge in [-0.25, -0.2) is 4.39 Å². The van der Waals surface area contributed by atoms with Crippen LogP contribution in [0.4, 0.5) is 22.0 Å². The smallest absolute Gasteiger partial charge is 0.223 e. The second kappa shape index (κ2) is 6.74. The standard InChI is InChI=1S/C19H21FN6/c1-11(12-4-6-15(20)7-5-12)23-17-9-18(26-19(21)25-17)24-16-8-14(10-22-16)13-2-3-13/h4-9,11,13H,2-3,10H2,1H3,(H4,21,22,23,24,25,26)/t11-/m0/s1. The predicted octanol–water partition coefficient (Wildman–Crippen LogP) is 3.53. The van der Waals surface area contributed by atoms with Gasteiger partial charge in [-0.3, -0.25) is 4.99 Å². The van der Waals surface area contributed by atoms with Crippen molar-refractivity contribution in [3.8, 4) is 0 Å². The van der Waals surface area contributed by atoms with E-state index >= 15 is 0 Å². The summed E-state index contributed by atoms with van der Waals surface area (Å²) in [5.41, 5.74) is 8.19. The Hall–Kier alpha value is -2.96. The Morgan fingerprint density at radius 1 is 1.15 bits per heavy atom. The number of amidine groups is 1. The lowest BCUT2D eigenvalue weighted by molar-refractivity contribution is 0.626. The molecule has 0 saturated heterocycles. The molecule has 2 heterocycles. The number of nitrogens with zero attached hydrogens (tertiary/aromatic N) is 3. The molecule has 4 N–H and O–H groups in total. The number of aromatic nitrogens is 2. The van der Waals surface area contributed by atoms with E-state index in [1.807, 2.05) is 6.92 Å². The Morgan fingerprint density at radius 3 is 2.62 bits per heavy atom. The average molecular weight is 352 g/mol. The Morgan fingerprint density at radius 2 is 1.88 bits per heavy atom. The second-order valence-corrected chi connectivity index (χ2v) is 6.73. The third-order valence-corrected chi connectivity index (χ3v) is 4.59. The van der Waals surface area contributed by atoms with Crippen LogP contribution in [0.5, 0.6) is 0 Å². The normalized spacial score (nSPS) is 17.5. The van der Waals surface area contributed by atoms with E-state index in [4.69, 9.17) is 5.73 Å². The van der Waals surface area contributed by atoms with E-state index in [1.54, 1.807) is 18.2 Å². The van der Waals surface area contributed by atoms with E-state index in [9.17, 15) is 4.39 Å². The van der Waals surface area contributed by atoms with E-state index < -0.39 is 0 Å². The SMILES string of the molecule is C[C@H](Nc1cc(NC2=NCC(C3CC3)=C2)nc(N)n1)c1ccc(F)cc1. The lowest BCUT2D eigenvalue weighted by Gasteiger charge is -2.16. The van der Waals surface area contributed by atoms with Crippen molar-refractivity contribution in [2.75, 3.05) is 22.9 Å². The average Bonchev–Trinajstić information content (AvgIpc) is 3.35. The molecule has 1 aliphatic carbocycles. The van der Waals surface area contributed by atoms with E-state index in [2.05, 4.69) is 31.7 Å². The van der Waals surface area contributed by atoms with Crippen LogP contribution >= 0.6 is 0 Å². The fourth-order valence-electron chi connectivity index (χ4n) is 3.01. The first-order valence-corrected chi connectivity index (χ1v) is 8.75. The molecule has 134 valence electrons. The van der Waals surface area contributed by atoms with Gasteiger partial charge in [-0.15, -0.1) is 0 Å². The minimum absolute atomic E-state index is 0.0528. The molecule has 1 aromatic carbocycles. The van der Waals surface area contributed by atoms with Gasteiger partial charge < -0.3 is 16.4 Å². The fraction of sp³-hybridized carbons (Fsp3) is 0.316. The number of hydrogen-bond acceptors (Lipinski definition) is 6. The molecule has 7 heteroatoms. The number of anilines is 3. The first kappa shape index (κ1) is 16.5. The predicted molar refractivity (Wildman–Crippen MR) is 102 cm³/mol. The molecule has 4 rings (SSSR count). The summed E-state index contributed by atoms with van der Waals surface area (Å²) < 4.78 is 13.1. The molecule has 1 fully saturated rings. The molecular formula is C19H21FN6. The van der Waals surface area contributed by atoms with Crippen LogP contribution in [-0.2, 0) is 0 Å². The van der Waals surface area contributed by atoms with Gasteiger partial charge in [0.2, 0.25) is 5.95 Å². The summed E-state index contributed by atoms with van der Waals surface area (Å²) in [6, 6.07) is 8.11. The van der Waals surface area contributed by atoms with Gasteiger partial charge in [0.05, 0.1) is 6.54 Å². The van der Waals surface area contributed by atoms with E-state index in [-0.39, 0.29) is 17.8 Å². The highest BCUT2D eigenvalue weighted by molar-refractivity contribution is 6.05. The van der Waals surface area contributed by atoms with Gasteiger partial charge in [-0.2, -0.15) is 9.97 Å². The summed E-state index contributed by atoms with van der Waals surface area (Å²) in [6.45, 7) is 2.74. The van der Waals surface area contributed by atoms with Gasteiger partial charge in [0.1, 0.15) is 23.3 Å². The summed E-state index contributed by atoms with van der Waals surface area (Å²) in [7, 11) is 0. The number of aliphatic imine (C=N–C) groups is 1. The molecule has 0 bridgehead atoms. The van der Waals surface area contributed by atoms with Crippen LogP contribution in [0.25, 0.3) is 0 Å². The third-order valence-electron chi connectivity index (χ3n) is 4.59. The minimum atomic E-state index is -0.255. The first-order chi connectivity index (χ1) is 12.6. The van der Waals surface area contributed by atoms with Gasteiger partial charge >= 0.3 is 0 Å². The van der Waals surface area contributed by atoms with Crippen molar-refractivity contribution in [3.63, 3.8) is 0 Å². The molecular weight excluding hydrogens is 331 g/mol. The maximum Gasteiger partial charge on any atom is 0.223 e. The number of rotatable bonds is 5. The zero-order chi connectivity index (χ0) is 18.1. The largest absolute Gasteiger partial charge is 0.368 e. The molecule has 1 atom stereocenters. The lowest BCUT2D eigenvalue weighted by Crippen LogP contribution is -2.13. The van der Waals surface area contributed by atoms with Crippen molar-refractivity contribution in [3.05, 3.63) is 53.4 Å². The summed E-state index contributed by atoms with van der Waals surface area (Å²) >= 11 is 0. The molecule has 0 radical (unpaired) electrons. The topological polar surface area (TPSA) is 88.2 Å². The molecule has 2 aliphatic rings. The minimum Gasteiger partial charge on any atom is -0.368 e. The summed E-state index contributed by atoms with van der Waals surface area (Å²) in [6.07, 6.45) is 4.64. The summed E-state index contributed by atoms with van der Waals surface area (Å²) in [5, 5.41) is 6.48. The number of nitrogens with two attached hydrogens (primary N) is 1. The molecule has 6 nitrogen and oxygen atoms in total. The van der Waals surface area contributed by atoms with Crippen molar-refractivity contribution >= 4 is 23.4 Å². The zero-order valence-electron chi connectivity index (χ0n) is 14.5. The number of halogens is 1. The van der Waals surface area contributed by atoms with Crippen LogP contribution in [0.1, 0.15) is 31.4 Å². The maximum absolute atomic E-state index is 13.1. The first-order valence-electron chi connectivity index (χ1n) is 8.75. The van der Waals surface area contributed by atoms with Crippen molar-refractivity contribution < 1.29 is 4.39 Å². The molecule has 2 aromatic rings. The molecule has 1 saturated carbocycles. The molecule has 0 unspecified atom stereocenters. The highest BCUT2D eigenvalue weighted by Crippen LogP contribution is 2.37. The van der Waals surface area contributed by atoms with Crippen molar-refractivity contribution in [1.82, 2.24) is 9.97 Å². The van der Waals surface area contributed by atoms with Crippen LogP contribution in [0, 0.1) is 11.7 Å². The van der Waals surface area contributed by atoms with E-state index in [0.29, 0.717) is 17.6 Å². The highest BCUT2D eigenvalue weighted by Gasteiger charge is 2.27. The van der Waals surface area contributed by atoms with Gasteiger partial charge in [-0.1, -0.05) is 12.1 Å².